The van der Waals surface area contributed by atoms with Crippen LogP contribution in [0.3, 0.4) is 0 Å². The van der Waals surface area contributed by atoms with Gasteiger partial charge in [-0.05, 0) is 78.8 Å². The Hall–Kier alpha value is -3.07. The highest BCUT2D eigenvalue weighted by Gasteiger charge is 2.27. The summed E-state index contributed by atoms with van der Waals surface area (Å²) in [7, 11) is 1.32. The molecule has 2 unspecified atom stereocenters. The highest BCUT2D eigenvalue weighted by Crippen LogP contribution is 2.34. The second kappa shape index (κ2) is 15.6. The lowest BCUT2D eigenvalue weighted by Gasteiger charge is -2.24. The first-order chi connectivity index (χ1) is 21.0. The summed E-state index contributed by atoms with van der Waals surface area (Å²) in [5.41, 5.74) is 6.17. The van der Waals surface area contributed by atoms with E-state index in [-0.39, 0.29) is 18.6 Å². The van der Waals surface area contributed by atoms with Crippen LogP contribution in [-0.2, 0) is 25.6 Å². The molecule has 2 fully saturated rings. The lowest BCUT2D eigenvalue weighted by Crippen LogP contribution is -2.45. The van der Waals surface area contributed by atoms with Crippen LogP contribution in [0, 0.1) is 18.8 Å². The first-order valence-electron chi connectivity index (χ1n) is 15.7. The summed E-state index contributed by atoms with van der Waals surface area (Å²) in [6.07, 6.45) is 13.1. The van der Waals surface area contributed by atoms with Gasteiger partial charge in [0.25, 0.3) is 5.91 Å². The van der Waals surface area contributed by atoms with Gasteiger partial charge in [-0.25, -0.2) is 4.79 Å². The molecular formula is C35H44N2O5S. The molecule has 1 amide bonds. The van der Waals surface area contributed by atoms with E-state index >= 15 is 0 Å². The van der Waals surface area contributed by atoms with Crippen LogP contribution < -0.4 is 5.32 Å². The minimum Gasteiger partial charge on any atom is -0.467 e. The number of thiazole rings is 1. The van der Waals surface area contributed by atoms with E-state index < -0.39 is 12.0 Å². The standard InChI is InChI=1S/C35H44N2O5S/c1-24-8-6-7-11-28(24)30-18-27(21-42-32(33-19-36-23-43-33)17-15-25-9-4-3-5-10-25)14-16-29(30)34(38)37-31(35(39)40-2)22-41-20-26-12-13-26/h6-8,11,14,16,18-19,23,25-26,31-32H,3-5,9-10,12-13,15,17,20-22H2,1-2H3,(H,37,38). The van der Waals surface area contributed by atoms with E-state index in [1.165, 1.54) is 45.6 Å². The number of hydrogen-bond acceptors (Lipinski definition) is 7. The molecule has 2 aromatic carbocycles. The summed E-state index contributed by atoms with van der Waals surface area (Å²) in [6.45, 7) is 3.14. The van der Waals surface area contributed by atoms with Gasteiger partial charge in [0, 0.05) is 18.4 Å². The predicted octanol–water partition coefficient (Wildman–Crippen LogP) is 7.43. The fraction of sp³-hybridized carbons (Fsp3) is 0.514. The number of amides is 1. The molecule has 1 heterocycles. The van der Waals surface area contributed by atoms with Crippen LogP contribution in [0.15, 0.2) is 54.2 Å². The van der Waals surface area contributed by atoms with Gasteiger partial charge in [0.1, 0.15) is 0 Å². The summed E-state index contributed by atoms with van der Waals surface area (Å²) in [4.78, 5) is 31.6. The van der Waals surface area contributed by atoms with Crippen molar-refractivity contribution in [2.24, 2.45) is 11.8 Å². The first kappa shape index (κ1) is 31.4. The predicted molar refractivity (Wildman–Crippen MR) is 169 cm³/mol. The first-order valence-corrected chi connectivity index (χ1v) is 16.5. The Bertz CT molecular complexity index is 1330. The minimum atomic E-state index is -0.881. The van der Waals surface area contributed by atoms with Crippen LogP contribution in [0.5, 0.6) is 0 Å². The summed E-state index contributed by atoms with van der Waals surface area (Å²) >= 11 is 1.64. The molecule has 5 rings (SSSR count). The third-order valence-electron chi connectivity index (χ3n) is 8.67. The Morgan fingerprint density at radius 3 is 2.56 bits per heavy atom. The number of carbonyl (C=O) groups excluding carboxylic acids is 2. The van der Waals surface area contributed by atoms with E-state index in [0.717, 1.165) is 52.3 Å². The number of nitrogens with one attached hydrogen (secondary N) is 1. The molecule has 8 heteroatoms. The molecule has 7 nitrogen and oxygen atoms in total. The van der Waals surface area contributed by atoms with E-state index in [0.29, 0.717) is 24.7 Å². The molecule has 2 saturated carbocycles. The van der Waals surface area contributed by atoms with Gasteiger partial charge in [0.15, 0.2) is 6.04 Å². The molecule has 0 radical (unpaired) electrons. The average molecular weight is 605 g/mol. The number of hydrogen-bond donors (Lipinski definition) is 1. The van der Waals surface area contributed by atoms with Crippen LogP contribution in [-0.4, -0.2) is 43.2 Å². The average Bonchev–Trinajstić information content (AvgIpc) is 3.70. The van der Waals surface area contributed by atoms with E-state index in [2.05, 4.69) is 10.3 Å². The monoisotopic (exact) mass is 604 g/mol. The van der Waals surface area contributed by atoms with Crippen molar-refractivity contribution in [1.29, 1.82) is 0 Å². The Morgan fingerprint density at radius 1 is 1.02 bits per heavy atom. The third kappa shape index (κ3) is 8.97. The van der Waals surface area contributed by atoms with Gasteiger partial charge >= 0.3 is 5.97 Å². The number of nitrogens with zero attached hydrogens (tertiary/aromatic N) is 1. The van der Waals surface area contributed by atoms with Crippen LogP contribution in [0.25, 0.3) is 11.1 Å². The molecule has 0 bridgehead atoms. The van der Waals surface area contributed by atoms with Gasteiger partial charge < -0.3 is 19.5 Å². The number of benzene rings is 2. The van der Waals surface area contributed by atoms with Gasteiger partial charge in [-0.3, -0.25) is 9.78 Å². The van der Waals surface area contributed by atoms with Crippen molar-refractivity contribution in [2.45, 2.75) is 83.5 Å². The highest BCUT2D eigenvalue weighted by atomic mass is 32.1. The van der Waals surface area contributed by atoms with Crippen LogP contribution in [0.4, 0.5) is 0 Å². The topological polar surface area (TPSA) is 86.8 Å². The van der Waals surface area contributed by atoms with Crippen molar-refractivity contribution < 1.29 is 23.8 Å². The number of ether oxygens (including phenoxy) is 3. The highest BCUT2D eigenvalue weighted by molar-refractivity contribution is 7.09. The fourth-order valence-corrected chi connectivity index (χ4v) is 6.62. The maximum Gasteiger partial charge on any atom is 0.330 e. The van der Waals surface area contributed by atoms with Crippen LogP contribution >= 0.6 is 11.3 Å². The molecule has 1 N–H and O–H groups in total. The van der Waals surface area contributed by atoms with E-state index in [1.807, 2.05) is 61.1 Å². The lowest BCUT2D eigenvalue weighted by molar-refractivity contribution is -0.144. The molecule has 0 spiro atoms. The van der Waals surface area contributed by atoms with Crippen molar-refractivity contribution in [2.75, 3.05) is 20.3 Å². The summed E-state index contributed by atoms with van der Waals surface area (Å²) in [6, 6.07) is 13.0. The lowest BCUT2D eigenvalue weighted by atomic mass is 9.85. The van der Waals surface area contributed by atoms with Crippen LogP contribution in [0.1, 0.15) is 90.3 Å². The molecule has 230 valence electrons. The maximum absolute atomic E-state index is 13.6. The second-order valence-electron chi connectivity index (χ2n) is 12.0. The smallest absolute Gasteiger partial charge is 0.330 e. The van der Waals surface area contributed by atoms with Crippen molar-refractivity contribution in [3.05, 3.63) is 75.7 Å². The van der Waals surface area contributed by atoms with Gasteiger partial charge in [-0.2, -0.15) is 0 Å². The van der Waals surface area contributed by atoms with Gasteiger partial charge in [-0.1, -0.05) is 62.4 Å². The van der Waals surface area contributed by atoms with Crippen molar-refractivity contribution in [3.63, 3.8) is 0 Å². The number of methoxy groups -OCH3 is 1. The van der Waals surface area contributed by atoms with E-state index in [1.54, 1.807) is 11.3 Å². The third-order valence-corrected chi connectivity index (χ3v) is 9.54. The molecule has 1 aromatic heterocycles. The summed E-state index contributed by atoms with van der Waals surface area (Å²) < 4.78 is 17.3. The van der Waals surface area contributed by atoms with E-state index in [9.17, 15) is 9.59 Å². The molecule has 2 atom stereocenters. The normalized spacial score (nSPS) is 16.9. The zero-order valence-electron chi connectivity index (χ0n) is 25.4. The minimum absolute atomic E-state index is 0.00392. The zero-order chi connectivity index (χ0) is 30.0. The van der Waals surface area contributed by atoms with Crippen LogP contribution in [0.2, 0.25) is 0 Å². The van der Waals surface area contributed by atoms with E-state index in [4.69, 9.17) is 14.2 Å². The van der Waals surface area contributed by atoms with Crippen molar-refractivity contribution in [3.8, 4) is 11.1 Å². The Morgan fingerprint density at radius 2 is 1.84 bits per heavy atom. The number of aromatic nitrogens is 1. The fourth-order valence-electron chi connectivity index (χ4n) is 5.91. The number of rotatable bonds is 15. The van der Waals surface area contributed by atoms with Crippen molar-refractivity contribution >= 4 is 23.2 Å². The molecule has 2 aliphatic carbocycles. The Labute approximate surface area is 259 Å². The Kier molecular flexibility index (Phi) is 11.4. The molecule has 0 saturated heterocycles. The summed E-state index contributed by atoms with van der Waals surface area (Å²) in [5, 5.41) is 2.87. The molecule has 2 aliphatic rings. The maximum atomic E-state index is 13.6. The summed E-state index contributed by atoms with van der Waals surface area (Å²) in [5.74, 6) is 0.477. The quantitative estimate of drug-likeness (QED) is 0.182. The number of carbonyl (C=O) groups is 2. The van der Waals surface area contributed by atoms with Gasteiger partial charge in [0.2, 0.25) is 0 Å². The molecule has 3 aromatic rings. The number of aryl methyl sites for hydroxylation is 1. The molecule has 0 aliphatic heterocycles. The van der Waals surface area contributed by atoms with Gasteiger partial charge in [-0.15, -0.1) is 11.3 Å². The van der Waals surface area contributed by atoms with Crippen molar-refractivity contribution in [1.82, 2.24) is 10.3 Å². The van der Waals surface area contributed by atoms with Gasteiger partial charge in [0.05, 0.1) is 36.8 Å². The Balaban J connectivity index is 1.33. The SMILES string of the molecule is COC(=O)C(COCC1CC1)NC(=O)c1ccc(COC(CCC2CCCCC2)c2cncs2)cc1-c1ccccc1C. The molecule has 43 heavy (non-hydrogen) atoms. The second-order valence-corrected chi connectivity index (χ2v) is 12.9. The number of esters is 1. The molecular weight excluding hydrogens is 560 g/mol. The largest absolute Gasteiger partial charge is 0.467 e. The zero-order valence-corrected chi connectivity index (χ0v) is 26.2.